The lowest BCUT2D eigenvalue weighted by atomic mass is 9.85. The number of hydrogen-bond acceptors (Lipinski definition) is 18. The van der Waals surface area contributed by atoms with E-state index in [1.807, 2.05) is 58.0 Å². The van der Waals surface area contributed by atoms with E-state index in [4.69, 9.17) is 40.9 Å². The highest BCUT2D eigenvalue weighted by molar-refractivity contribution is 7.80. The molecule has 2 saturated heterocycles. The van der Waals surface area contributed by atoms with Gasteiger partial charge in [0.2, 0.25) is 41.4 Å². The largest absolute Gasteiger partial charge is 0.462 e. The molecule has 9 N–H and O–H groups in total. The summed E-state index contributed by atoms with van der Waals surface area (Å²) in [7, 11) is 1.38. The predicted molar refractivity (Wildman–Crippen MR) is 335 cm³/mol. The summed E-state index contributed by atoms with van der Waals surface area (Å²) in [5.74, 6) is -5.79. The zero-order valence-corrected chi connectivity index (χ0v) is 53.2. The van der Waals surface area contributed by atoms with Crippen LogP contribution in [0.25, 0.3) is 22.3 Å². The number of aromatic nitrogens is 4. The van der Waals surface area contributed by atoms with Crippen LogP contribution in [0.15, 0.2) is 78.0 Å². The van der Waals surface area contributed by atoms with Gasteiger partial charge in [0.15, 0.2) is 5.11 Å². The van der Waals surface area contributed by atoms with Gasteiger partial charge >= 0.3 is 11.9 Å². The van der Waals surface area contributed by atoms with Crippen molar-refractivity contribution in [3.8, 4) is 17.1 Å². The van der Waals surface area contributed by atoms with Gasteiger partial charge in [0.1, 0.15) is 60.9 Å². The summed E-state index contributed by atoms with van der Waals surface area (Å²) in [6, 6.07) is 12.1. The van der Waals surface area contributed by atoms with Gasteiger partial charge in [-0.2, -0.15) is 0 Å². The number of H-pyrrole nitrogens is 1. The number of imidazole rings is 1. The second-order valence-corrected chi connectivity index (χ2v) is 25.1. The number of para-hydroxylation sites is 1. The molecule has 2 aromatic carbocycles. The average Bonchev–Trinajstić information content (AvgIpc) is 1.71. The minimum absolute atomic E-state index is 0.0654. The Hall–Kier alpha value is -8.37. The highest BCUT2D eigenvalue weighted by Gasteiger charge is 2.52. The number of carbonyl (C=O) groups is 7. The van der Waals surface area contributed by atoms with Gasteiger partial charge < -0.3 is 80.2 Å². The Balaban J connectivity index is 0.823. The molecule has 4 aliphatic heterocycles. The number of ether oxygens (including phenoxy) is 5. The number of rotatable bonds is 24. The van der Waals surface area contributed by atoms with Gasteiger partial charge in [-0.05, 0) is 111 Å². The van der Waals surface area contributed by atoms with Crippen LogP contribution in [0.1, 0.15) is 110 Å². The zero-order chi connectivity index (χ0) is 65.6. The maximum atomic E-state index is 14.6. The molecule has 27 heteroatoms. The monoisotopic (exact) mass is 1280 g/mol. The second kappa shape index (κ2) is 28.8. The maximum Gasteiger partial charge on any atom is 0.355 e. The molecule has 5 amide bonds. The number of hydrogen-bond donors (Lipinski definition) is 9. The van der Waals surface area contributed by atoms with Crippen molar-refractivity contribution in [1.82, 2.24) is 51.0 Å². The van der Waals surface area contributed by atoms with E-state index < -0.39 is 126 Å². The van der Waals surface area contributed by atoms with Gasteiger partial charge in [-0.25, -0.2) is 19.6 Å². The molecule has 26 nitrogen and oxygen atoms in total. The van der Waals surface area contributed by atoms with Crippen molar-refractivity contribution in [2.24, 2.45) is 17.8 Å². The molecular weight excluding hydrogens is 1190 g/mol. The van der Waals surface area contributed by atoms with Gasteiger partial charge in [0.05, 0.1) is 48.0 Å². The van der Waals surface area contributed by atoms with Crippen LogP contribution in [-0.2, 0) is 77.7 Å². The average molecular weight is 1280 g/mol. The van der Waals surface area contributed by atoms with Crippen molar-refractivity contribution < 1.29 is 67.5 Å². The Morgan fingerprint density at radius 3 is 2.25 bits per heavy atom. The molecule has 0 saturated carbocycles. The molecule has 488 valence electrons. The van der Waals surface area contributed by atoms with Crippen LogP contribution in [0, 0.1) is 17.8 Å². The molecule has 3 aromatic heterocycles. The summed E-state index contributed by atoms with van der Waals surface area (Å²) in [5, 5.41) is 39.1. The van der Waals surface area contributed by atoms with Crippen LogP contribution in [0.3, 0.4) is 0 Å². The Morgan fingerprint density at radius 2 is 1.58 bits per heavy atom. The molecule has 5 aromatic rings. The number of nitrogens with one attached hydrogen (secondary N) is 7. The third-order valence-electron chi connectivity index (χ3n) is 16.8. The van der Waals surface area contributed by atoms with Crippen LogP contribution in [0.5, 0.6) is 5.75 Å². The number of anilines is 1. The second-order valence-electron chi connectivity index (χ2n) is 24.7. The molecule has 11 atom stereocenters. The lowest BCUT2D eigenvalue weighted by molar-refractivity contribution is -0.272. The first-order chi connectivity index (χ1) is 43.4. The summed E-state index contributed by atoms with van der Waals surface area (Å²) in [5.41, 5.74) is 1.30. The van der Waals surface area contributed by atoms with Crippen molar-refractivity contribution in [3.63, 3.8) is 0 Å². The lowest BCUT2D eigenvalue weighted by Gasteiger charge is -2.40. The number of cyclic esters (lactones) is 1. The lowest BCUT2D eigenvalue weighted by Crippen LogP contribution is -2.59. The molecule has 0 aliphatic carbocycles. The van der Waals surface area contributed by atoms with Crippen LogP contribution in [-0.4, -0.2) is 162 Å². The zero-order valence-electron chi connectivity index (χ0n) is 52.4. The van der Waals surface area contributed by atoms with E-state index in [-0.39, 0.29) is 66.9 Å². The number of likely N-dealkylation sites (tertiary alicyclic amines) is 1. The predicted octanol–water partition coefficient (Wildman–Crippen LogP) is 3.12. The van der Waals surface area contributed by atoms with Crippen LogP contribution < -0.4 is 42.2 Å². The van der Waals surface area contributed by atoms with Gasteiger partial charge in [-0.15, -0.1) is 0 Å². The number of pyridine rings is 2. The van der Waals surface area contributed by atoms with Crippen molar-refractivity contribution in [3.05, 3.63) is 106 Å². The van der Waals surface area contributed by atoms with Crippen molar-refractivity contribution in [1.29, 1.82) is 0 Å². The third kappa shape index (κ3) is 15.0. The number of methoxy groups -OCH3 is 1. The fourth-order valence-electron chi connectivity index (χ4n) is 12.0. The molecular formula is C64H81N11O15S. The first-order valence-electron chi connectivity index (χ1n) is 30.8. The molecule has 0 spiro atoms. The Labute approximate surface area is 531 Å². The Morgan fingerprint density at radius 1 is 0.879 bits per heavy atom. The minimum atomic E-state index is -2.09. The fourth-order valence-corrected chi connectivity index (χ4v) is 12.3. The molecule has 91 heavy (non-hydrogen) atoms. The molecule has 4 aliphatic rings. The third-order valence-corrected chi connectivity index (χ3v) is 17.2. The van der Waals surface area contributed by atoms with Crippen LogP contribution >= 0.6 is 12.2 Å². The van der Waals surface area contributed by atoms with Gasteiger partial charge in [0.25, 0.3) is 5.56 Å². The highest BCUT2D eigenvalue weighted by Crippen LogP contribution is 2.41. The number of amides is 5. The molecule has 2 fully saturated rings. The molecule has 7 heterocycles. The Bertz CT molecular complexity index is 3580. The topological polar surface area (TPSA) is 345 Å². The van der Waals surface area contributed by atoms with E-state index in [9.17, 15) is 48.6 Å². The smallest absolute Gasteiger partial charge is 0.355 e. The van der Waals surface area contributed by atoms with Gasteiger partial charge in [-0.1, -0.05) is 66.7 Å². The summed E-state index contributed by atoms with van der Waals surface area (Å²) in [6.07, 6.45) is -0.988. The number of carbonyl (C=O) groups excluding carboxylic acids is 7. The number of esters is 2. The summed E-state index contributed by atoms with van der Waals surface area (Å²) in [4.78, 5) is 127. The standard InChI is InChI=1S/C64H81N11O15S/c1-10-64(42-26-48-51-37(24-36-14-11-12-15-43(36)70-51)29-75(48)59(83)41(42)30-87-62(64)85)90-60(84)50(34(6)7)73-57(81)46(25-39-27-65-31-67-39)71-56(80)45(23-33(4)5)69-49(76)28-66-55(79)44(22-32(2)3)72-58(82)47-16-13-21-74(47)63(91)68-38-17-19-40(20-18-38)89-61-53(78)54(86-9)52(77)35(8)88-61/h11-12,14-15,17-20,24,26-27,31-35,44-47,50,52-54,61,77-78H,10,13,16,21-23,25,28-30H2,1-9H3,(H,65,67)(H,66,79)(H,68,91)(H,69,76)(H,71,80)(H,72,82)(H,73,81)/t35?,44-,45+,46+,47?,50?,52?,53?,54-,61-,64+/m0/s1. The van der Waals surface area contributed by atoms with Crippen molar-refractivity contribution in [2.45, 2.75) is 174 Å². The van der Waals surface area contributed by atoms with Crippen LogP contribution in [0.2, 0.25) is 0 Å². The number of aliphatic hydroxyl groups excluding tert-OH is 2. The van der Waals surface area contributed by atoms with E-state index >= 15 is 0 Å². The minimum Gasteiger partial charge on any atom is -0.462 e. The summed E-state index contributed by atoms with van der Waals surface area (Å²) in [6.45, 7) is 13.8. The van der Waals surface area contributed by atoms with E-state index in [1.165, 1.54) is 19.6 Å². The molecule has 0 bridgehead atoms. The maximum absolute atomic E-state index is 14.6. The van der Waals surface area contributed by atoms with Gasteiger partial charge in [0, 0.05) is 54.2 Å². The number of thiocarbonyl (C=S) groups is 1. The van der Waals surface area contributed by atoms with E-state index in [1.54, 1.807) is 67.5 Å². The number of benzene rings is 2. The van der Waals surface area contributed by atoms with E-state index in [0.717, 1.165) is 10.9 Å². The first-order valence-corrected chi connectivity index (χ1v) is 31.2. The number of nitrogens with zero attached hydrogens (tertiary/aromatic N) is 4. The quantitative estimate of drug-likeness (QED) is 0.0310. The van der Waals surface area contributed by atoms with E-state index in [0.29, 0.717) is 53.4 Å². The SMILES string of the molecule is CC[C@]1(OC(=O)C(NC(=O)[C@@H](Cc2cnc[nH]2)NC(=O)[C@@H](CC(C)C)NC(=O)CNC(=O)[C@H](CC(C)C)NC(=O)C2CCCN2C(=S)Nc2ccc(O[C@@H]3OC(C)C(O)[C@H](OC)C3O)cc2)C(C)C)C(=O)OCc2c1cc1n(c2=O)Cc2cc3ccccc3nc2-1. The fraction of sp³-hybridized carbons (Fsp3) is 0.516. The Kier molecular flexibility index (Phi) is 21.3. The first kappa shape index (κ1) is 67.0. The summed E-state index contributed by atoms with van der Waals surface area (Å²) < 4.78 is 30.2. The summed E-state index contributed by atoms with van der Waals surface area (Å²) >= 11 is 5.77. The van der Waals surface area contributed by atoms with Crippen molar-refractivity contribution in [2.75, 3.05) is 25.5 Å². The van der Waals surface area contributed by atoms with Gasteiger partial charge in [-0.3, -0.25) is 28.8 Å². The van der Waals surface area contributed by atoms with E-state index in [2.05, 4.69) is 41.9 Å². The van der Waals surface area contributed by atoms with Crippen LogP contribution in [0.4, 0.5) is 5.69 Å². The molecule has 0 radical (unpaired) electrons. The molecule has 5 unspecified atom stereocenters. The normalized spacial score (nSPS) is 22.2. The number of fused-ring (bicyclic) bond motifs is 5. The number of aliphatic hydroxyl groups is 2. The molecule has 9 rings (SSSR count). The highest BCUT2D eigenvalue weighted by atomic mass is 32.1. The number of aromatic amines is 1. The van der Waals surface area contributed by atoms with Crippen molar-refractivity contribution >= 4 is 75.4 Å².